The smallest absolute Gasteiger partial charge is 0.345 e. The quantitative estimate of drug-likeness (QED) is 0.591. The molecule has 0 saturated heterocycles. The van der Waals surface area contributed by atoms with E-state index >= 15 is 0 Å². The summed E-state index contributed by atoms with van der Waals surface area (Å²) < 4.78 is 18.5. The van der Waals surface area contributed by atoms with Gasteiger partial charge in [-0.25, -0.2) is 9.18 Å². The number of esters is 1. The minimum atomic E-state index is -1.86. The Bertz CT molecular complexity index is 396. The molecule has 0 spiro atoms. The van der Waals surface area contributed by atoms with Crippen LogP contribution >= 0.6 is 23.2 Å². The molecule has 0 saturated carbocycles. The van der Waals surface area contributed by atoms with Crippen LogP contribution in [0.1, 0.15) is 31.5 Å². The van der Waals surface area contributed by atoms with E-state index in [4.69, 9.17) is 27.9 Å². The summed E-state index contributed by atoms with van der Waals surface area (Å²) in [6.07, 6.45) is -0.268. The van der Waals surface area contributed by atoms with Crippen LogP contribution in [-0.2, 0) is 9.53 Å². The van der Waals surface area contributed by atoms with Gasteiger partial charge in [0.25, 0.3) is 0 Å². The Labute approximate surface area is 110 Å². The highest BCUT2D eigenvalue weighted by Gasteiger charge is 2.23. The lowest BCUT2D eigenvalue weighted by Crippen LogP contribution is -2.13. The van der Waals surface area contributed by atoms with Gasteiger partial charge in [-0.2, -0.15) is 0 Å². The Hall–Kier alpha value is -0.800. The molecule has 1 aromatic carbocycles. The molecule has 0 aliphatic carbocycles. The van der Waals surface area contributed by atoms with E-state index in [0.29, 0.717) is 11.4 Å². The van der Waals surface area contributed by atoms with Gasteiger partial charge in [-0.3, -0.25) is 0 Å². The molecule has 0 radical (unpaired) electrons. The number of halogens is 3. The molecule has 0 heterocycles. The topological polar surface area (TPSA) is 26.3 Å². The first-order valence-corrected chi connectivity index (χ1v) is 6.07. The Balaban J connectivity index is 2.68. The first-order chi connectivity index (χ1) is 8.06. The van der Waals surface area contributed by atoms with Gasteiger partial charge >= 0.3 is 5.97 Å². The number of alkyl halides is 1. The van der Waals surface area contributed by atoms with Gasteiger partial charge in [0.2, 0.25) is 6.17 Å². The number of ether oxygens (including phenoxy) is 1. The molecule has 1 atom stereocenters. The molecule has 0 bridgehead atoms. The van der Waals surface area contributed by atoms with Crippen LogP contribution in [0, 0.1) is 0 Å². The number of carbonyl (C=O) groups excluding carboxylic acids is 1. The fourth-order valence-electron chi connectivity index (χ4n) is 1.22. The highest BCUT2D eigenvalue weighted by atomic mass is 35.5. The molecular weight excluding hydrogens is 266 g/mol. The zero-order chi connectivity index (χ0) is 12.8. The predicted molar refractivity (Wildman–Crippen MR) is 66.2 cm³/mol. The molecular formula is C12H13Cl2FO2. The van der Waals surface area contributed by atoms with Gasteiger partial charge in [0, 0.05) is 15.6 Å². The van der Waals surface area contributed by atoms with Crippen LogP contribution in [0.2, 0.25) is 10.0 Å². The van der Waals surface area contributed by atoms with Crippen LogP contribution in [0.4, 0.5) is 4.39 Å². The first kappa shape index (κ1) is 14.3. The summed E-state index contributed by atoms with van der Waals surface area (Å²) in [5, 5.41) is 0.516. The van der Waals surface area contributed by atoms with Crippen molar-refractivity contribution in [2.75, 3.05) is 6.61 Å². The van der Waals surface area contributed by atoms with Gasteiger partial charge in [-0.05, 0) is 18.6 Å². The summed E-state index contributed by atoms with van der Waals surface area (Å²) >= 11 is 11.5. The summed E-state index contributed by atoms with van der Waals surface area (Å²) in [7, 11) is 0. The van der Waals surface area contributed by atoms with Crippen LogP contribution < -0.4 is 0 Å². The van der Waals surface area contributed by atoms with E-state index in [9.17, 15) is 9.18 Å². The van der Waals surface area contributed by atoms with Gasteiger partial charge in [-0.15, -0.1) is 0 Å². The van der Waals surface area contributed by atoms with Gasteiger partial charge < -0.3 is 4.74 Å². The minimum Gasteiger partial charge on any atom is -0.463 e. The molecule has 0 amide bonds. The average molecular weight is 279 g/mol. The summed E-state index contributed by atoms with van der Waals surface area (Å²) in [6.45, 7) is 2.18. The van der Waals surface area contributed by atoms with Crippen molar-refractivity contribution in [3.63, 3.8) is 0 Å². The van der Waals surface area contributed by atoms with Crippen LogP contribution in [0.25, 0.3) is 0 Å². The van der Waals surface area contributed by atoms with E-state index in [-0.39, 0.29) is 17.2 Å². The van der Waals surface area contributed by atoms with Crippen molar-refractivity contribution in [1.29, 1.82) is 0 Å². The van der Waals surface area contributed by atoms with Crippen LogP contribution in [-0.4, -0.2) is 12.6 Å². The van der Waals surface area contributed by atoms with Crippen LogP contribution in [0.3, 0.4) is 0 Å². The fourth-order valence-corrected chi connectivity index (χ4v) is 1.73. The largest absolute Gasteiger partial charge is 0.463 e. The number of unbranched alkanes of at least 4 members (excludes halogenated alkanes) is 1. The van der Waals surface area contributed by atoms with Crippen molar-refractivity contribution in [1.82, 2.24) is 0 Å². The molecule has 0 fully saturated rings. The summed E-state index contributed by atoms with van der Waals surface area (Å²) in [4.78, 5) is 11.4. The van der Waals surface area contributed by atoms with Crippen molar-refractivity contribution in [2.45, 2.75) is 25.9 Å². The number of benzene rings is 1. The highest BCUT2D eigenvalue weighted by molar-refractivity contribution is 6.35. The molecule has 94 valence electrons. The Morgan fingerprint density at radius 3 is 2.76 bits per heavy atom. The summed E-state index contributed by atoms with van der Waals surface area (Å²) in [6, 6.07) is 4.26. The second kappa shape index (κ2) is 6.82. The molecule has 1 aromatic rings. The average Bonchev–Trinajstić information content (AvgIpc) is 2.28. The van der Waals surface area contributed by atoms with Crippen molar-refractivity contribution in [3.05, 3.63) is 33.8 Å². The Morgan fingerprint density at radius 2 is 2.18 bits per heavy atom. The number of hydrogen-bond donors (Lipinski definition) is 0. The van der Waals surface area contributed by atoms with Crippen LogP contribution in [0.15, 0.2) is 18.2 Å². The lowest BCUT2D eigenvalue weighted by Gasteiger charge is -2.10. The van der Waals surface area contributed by atoms with Gasteiger partial charge in [0.15, 0.2) is 0 Å². The second-order valence-electron chi connectivity index (χ2n) is 3.55. The molecule has 17 heavy (non-hydrogen) atoms. The highest BCUT2D eigenvalue weighted by Crippen LogP contribution is 2.29. The maximum atomic E-state index is 13.7. The zero-order valence-electron chi connectivity index (χ0n) is 9.38. The molecule has 1 unspecified atom stereocenters. The third-order valence-corrected chi connectivity index (χ3v) is 2.75. The zero-order valence-corrected chi connectivity index (χ0v) is 10.9. The number of carbonyl (C=O) groups is 1. The monoisotopic (exact) mass is 278 g/mol. The second-order valence-corrected chi connectivity index (χ2v) is 4.39. The third kappa shape index (κ3) is 4.17. The SMILES string of the molecule is CCCCOC(=O)C(F)c1ccc(Cl)cc1Cl. The summed E-state index contributed by atoms with van der Waals surface area (Å²) in [5.74, 6) is -0.914. The third-order valence-electron chi connectivity index (χ3n) is 2.18. The number of hydrogen-bond acceptors (Lipinski definition) is 2. The molecule has 2 nitrogen and oxygen atoms in total. The van der Waals surface area contributed by atoms with Crippen molar-refractivity contribution in [3.8, 4) is 0 Å². The van der Waals surface area contributed by atoms with E-state index in [1.807, 2.05) is 6.92 Å². The Morgan fingerprint density at radius 1 is 1.47 bits per heavy atom. The lowest BCUT2D eigenvalue weighted by atomic mass is 10.1. The van der Waals surface area contributed by atoms with E-state index in [1.165, 1.54) is 18.2 Å². The van der Waals surface area contributed by atoms with Crippen molar-refractivity contribution < 1.29 is 13.9 Å². The summed E-state index contributed by atoms with van der Waals surface area (Å²) in [5.41, 5.74) is 0.0811. The van der Waals surface area contributed by atoms with E-state index in [0.717, 1.165) is 6.42 Å². The first-order valence-electron chi connectivity index (χ1n) is 5.32. The molecule has 0 aliphatic rings. The van der Waals surface area contributed by atoms with Gasteiger partial charge in [0.1, 0.15) is 0 Å². The van der Waals surface area contributed by atoms with Crippen molar-refractivity contribution in [2.24, 2.45) is 0 Å². The van der Waals surface area contributed by atoms with Crippen molar-refractivity contribution >= 4 is 29.2 Å². The predicted octanol–water partition coefficient (Wildman–Crippen LogP) is 4.35. The van der Waals surface area contributed by atoms with Gasteiger partial charge in [0.05, 0.1) is 6.61 Å². The maximum absolute atomic E-state index is 13.7. The maximum Gasteiger partial charge on any atom is 0.345 e. The molecule has 0 aromatic heterocycles. The minimum absolute atomic E-state index is 0.0811. The molecule has 0 N–H and O–H groups in total. The van der Waals surface area contributed by atoms with E-state index in [1.54, 1.807) is 0 Å². The van der Waals surface area contributed by atoms with Crippen LogP contribution in [0.5, 0.6) is 0 Å². The lowest BCUT2D eigenvalue weighted by molar-refractivity contribution is -0.150. The molecule has 5 heteroatoms. The van der Waals surface area contributed by atoms with E-state index < -0.39 is 12.1 Å². The van der Waals surface area contributed by atoms with Gasteiger partial charge in [-0.1, -0.05) is 42.6 Å². The standard InChI is InChI=1S/C12H13Cl2FO2/c1-2-3-6-17-12(16)11(15)9-5-4-8(13)7-10(9)14/h4-5,7,11H,2-3,6H2,1H3. The number of rotatable bonds is 5. The Kier molecular flexibility index (Phi) is 5.72. The fraction of sp³-hybridized carbons (Fsp3) is 0.417. The van der Waals surface area contributed by atoms with E-state index in [2.05, 4.69) is 0 Å². The molecule has 0 aliphatic heterocycles. The normalized spacial score (nSPS) is 12.2. The molecule has 1 rings (SSSR count).